The molecule has 7 nitrogen and oxygen atoms in total. The number of fused-ring (bicyclic) bond motifs is 1. The van der Waals surface area contributed by atoms with Gasteiger partial charge in [-0.25, -0.2) is 9.79 Å². The minimum Gasteiger partial charge on any atom is -0.466 e. The third-order valence-corrected chi connectivity index (χ3v) is 7.36. The molecule has 0 N–H and O–H groups in total. The lowest BCUT2D eigenvalue weighted by molar-refractivity contribution is -0.136. The van der Waals surface area contributed by atoms with Gasteiger partial charge in [0.1, 0.15) is 0 Å². The van der Waals surface area contributed by atoms with Crippen LogP contribution in [0.3, 0.4) is 0 Å². The van der Waals surface area contributed by atoms with Crippen LogP contribution in [0, 0.1) is 0 Å². The molecule has 0 spiro atoms. The first-order valence-electron chi connectivity index (χ1n) is 10.6. The van der Waals surface area contributed by atoms with Gasteiger partial charge in [0.2, 0.25) is 0 Å². The first-order chi connectivity index (χ1) is 16.7. The minimum absolute atomic E-state index is 0.302. The van der Waals surface area contributed by atoms with Gasteiger partial charge in [0, 0.05) is 17.0 Å². The molecule has 0 unspecified atom stereocenters. The zero-order chi connectivity index (χ0) is 25.3. The maximum absolute atomic E-state index is 13.7. The van der Waals surface area contributed by atoms with Crippen LogP contribution in [-0.4, -0.2) is 23.6 Å². The number of methoxy groups -OCH3 is 1. The molecule has 3 aromatic rings. The quantitative estimate of drug-likeness (QED) is 0.315. The van der Waals surface area contributed by atoms with E-state index in [1.54, 1.807) is 18.2 Å². The number of benzene rings is 2. The van der Waals surface area contributed by atoms with Crippen molar-refractivity contribution in [3.05, 3.63) is 93.5 Å². The molecule has 0 saturated heterocycles. The standard InChI is InChI=1S/C25H20Br2N2O5S/c1-4-18-20(24(32)33-3)21(14-8-6-5-7-9-14)29-23(31)19(35-25(29)28-18)11-15-10-16(26)12-17(27)22(15)34-13(2)30/h5-12,21H,4H2,1-3H3/b19-11+/t21-/m0/s1. The van der Waals surface area contributed by atoms with Gasteiger partial charge in [0.25, 0.3) is 5.56 Å². The van der Waals surface area contributed by atoms with Crippen molar-refractivity contribution in [1.82, 2.24) is 4.57 Å². The first-order valence-corrected chi connectivity index (χ1v) is 13.0. The van der Waals surface area contributed by atoms with Crippen LogP contribution in [0.1, 0.15) is 37.4 Å². The molecule has 0 aliphatic carbocycles. The number of esters is 2. The summed E-state index contributed by atoms with van der Waals surface area (Å²) in [5.41, 5.74) is 1.90. The number of hydrogen-bond acceptors (Lipinski definition) is 7. The van der Waals surface area contributed by atoms with Crippen molar-refractivity contribution in [2.45, 2.75) is 26.3 Å². The topological polar surface area (TPSA) is 87.0 Å². The van der Waals surface area contributed by atoms with Crippen molar-refractivity contribution in [3.63, 3.8) is 0 Å². The van der Waals surface area contributed by atoms with Gasteiger partial charge < -0.3 is 9.47 Å². The molecule has 0 bridgehead atoms. The number of rotatable bonds is 5. The Morgan fingerprint density at radius 3 is 2.54 bits per heavy atom. The smallest absolute Gasteiger partial charge is 0.338 e. The Hall–Kier alpha value is -2.82. The minimum atomic E-state index is -0.681. The zero-order valence-corrected chi connectivity index (χ0v) is 23.0. The summed E-state index contributed by atoms with van der Waals surface area (Å²) in [6, 6.07) is 12.2. The highest BCUT2D eigenvalue weighted by molar-refractivity contribution is 9.11. The monoisotopic (exact) mass is 618 g/mol. The number of carbonyl (C=O) groups is 2. The summed E-state index contributed by atoms with van der Waals surface area (Å²) in [5, 5.41) is 0. The summed E-state index contributed by atoms with van der Waals surface area (Å²) in [6.45, 7) is 3.22. The Kier molecular flexibility index (Phi) is 7.53. The predicted octanol–water partition coefficient (Wildman–Crippen LogP) is 4.25. The van der Waals surface area contributed by atoms with Crippen LogP contribution in [0.25, 0.3) is 6.08 Å². The molecular formula is C25H20Br2N2O5S. The van der Waals surface area contributed by atoms with Crippen LogP contribution in [0.4, 0.5) is 0 Å². The van der Waals surface area contributed by atoms with Gasteiger partial charge in [0.15, 0.2) is 10.6 Å². The van der Waals surface area contributed by atoms with Gasteiger partial charge in [-0.1, -0.05) is 64.5 Å². The van der Waals surface area contributed by atoms with Gasteiger partial charge in [-0.2, -0.15) is 0 Å². The molecule has 10 heteroatoms. The fraction of sp³-hybridized carbons (Fsp3) is 0.200. The SMILES string of the molecule is CCC1=C(C(=O)OC)[C@H](c2ccccc2)n2c(s/c(=C/c3cc(Br)cc(Br)c3OC(C)=O)c2=O)=N1. The normalized spacial score (nSPS) is 15.5. The molecule has 0 radical (unpaired) electrons. The molecule has 2 heterocycles. The van der Waals surface area contributed by atoms with E-state index in [2.05, 4.69) is 36.9 Å². The second-order valence-corrected chi connectivity index (χ2v) is 10.4. The fourth-order valence-corrected chi connectivity index (χ4v) is 6.25. The number of ether oxygens (including phenoxy) is 2. The third kappa shape index (κ3) is 4.96. The Labute approximate surface area is 221 Å². The number of aromatic nitrogens is 1. The summed E-state index contributed by atoms with van der Waals surface area (Å²) < 4.78 is 13.7. The number of thiazole rings is 1. The van der Waals surface area contributed by atoms with E-state index in [-0.39, 0.29) is 5.56 Å². The molecule has 1 aliphatic heterocycles. The highest BCUT2D eigenvalue weighted by Crippen LogP contribution is 2.34. The average molecular weight is 620 g/mol. The van der Waals surface area contributed by atoms with E-state index < -0.39 is 18.0 Å². The summed E-state index contributed by atoms with van der Waals surface area (Å²) >= 11 is 8.07. The number of allylic oxidation sites excluding steroid dienone is 1. The van der Waals surface area contributed by atoms with Gasteiger partial charge >= 0.3 is 11.9 Å². The largest absolute Gasteiger partial charge is 0.466 e. The van der Waals surface area contributed by atoms with Crippen LogP contribution in [0.15, 0.2) is 72.5 Å². The molecule has 35 heavy (non-hydrogen) atoms. The number of nitrogens with zero attached hydrogens (tertiary/aromatic N) is 2. The Morgan fingerprint density at radius 1 is 1.20 bits per heavy atom. The highest BCUT2D eigenvalue weighted by atomic mass is 79.9. The second kappa shape index (κ2) is 10.4. The summed E-state index contributed by atoms with van der Waals surface area (Å²) in [6.07, 6.45) is 2.15. The van der Waals surface area contributed by atoms with Gasteiger partial charge in [0.05, 0.1) is 33.4 Å². The van der Waals surface area contributed by atoms with Crippen LogP contribution >= 0.6 is 43.2 Å². The Balaban J connectivity index is 2.01. The summed E-state index contributed by atoms with van der Waals surface area (Å²) in [4.78, 5) is 43.4. The molecule has 2 aromatic carbocycles. The van der Waals surface area contributed by atoms with Crippen LogP contribution in [0.2, 0.25) is 0 Å². The molecule has 0 amide bonds. The summed E-state index contributed by atoms with van der Waals surface area (Å²) in [5.74, 6) is -0.707. The predicted molar refractivity (Wildman–Crippen MR) is 140 cm³/mol. The van der Waals surface area contributed by atoms with E-state index in [4.69, 9.17) is 9.47 Å². The molecule has 0 fully saturated rings. The fourth-order valence-electron chi connectivity index (χ4n) is 3.90. The molecule has 4 rings (SSSR count). The third-order valence-electron chi connectivity index (χ3n) is 5.34. The Bertz CT molecular complexity index is 1540. The van der Waals surface area contributed by atoms with Crippen molar-refractivity contribution < 1.29 is 19.1 Å². The maximum Gasteiger partial charge on any atom is 0.338 e. The number of carbonyl (C=O) groups excluding carboxylic acids is 2. The van der Waals surface area contributed by atoms with Crippen LogP contribution < -0.4 is 19.6 Å². The molecular weight excluding hydrogens is 600 g/mol. The first kappa shape index (κ1) is 25.3. The lowest BCUT2D eigenvalue weighted by atomic mass is 9.95. The summed E-state index contributed by atoms with van der Waals surface area (Å²) in [7, 11) is 1.32. The van der Waals surface area contributed by atoms with Crippen molar-refractivity contribution in [2.24, 2.45) is 4.99 Å². The van der Waals surface area contributed by atoms with E-state index in [1.165, 1.54) is 29.9 Å². The van der Waals surface area contributed by atoms with Crippen LogP contribution in [-0.2, 0) is 14.3 Å². The van der Waals surface area contributed by atoms with Gasteiger partial charge in [-0.15, -0.1) is 0 Å². The number of hydrogen-bond donors (Lipinski definition) is 0. The van der Waals surface area contributed by atoms with E-state index in [9.17, 15) is 14.4 Å². The van der Waals surface area contributed by atoms with Crippen molar-refractivity contribution >= 4 is 61.2 Å². The van der Waals surface area contributed by atoms with Crippen molar-refractivity contribution in [2.75, 3.05) is 7.11 Å². The van der Waals surface area contributed by atoms with Gasteiger partial charge in [-0.3, -0.25) is 14.2 Å². The van der Waals surface area contributed by atoms with E-state index >= 15 is 0 Å². The zero-order valence-electron chi connectivity index (χ0n) is 19.0. The van der Waals surface area contributed by atoms with Crippen molar-refractivity contribution in [1.29, 1.82) is 0 Å². The van der Waals surface area contributed by atoms with Crippen LogP contribution in [0.5, 0.6) is 5.75 Å². The molecule has 180 valence electrons. The Morgan fingerprint density at radius 2 is 1.91 bits per heavy atom. The van der Waals surface area contributed by atoms with E-state index in [1.807, 2.05) is 37.3 Å². The highest BCUT2D eigenvalue weighted by Gasteiger charge is 2.33. The van der Waals surface area contributed by atoms with Crippen molar-refractivity contribution in [3.8, 4) is 5.75 Å². The van der Waals surface area contributed by atoms with Gasteiger partial charge in [-0.05, 0) is 46.1 Å². The maximum atomic E-state index is 13.7. The average Bonchev–Trinajstić information content (AvgIpc) is 3.14. The second-order valence-electron chi connectivity index (χ2n) is 7.60. The lowest BCUT2D eigenvalue weighted by Gasteiger charge is -2.25. The lowest BCUT2D eigenvalue weighted by Crippen LogP contribution is -2.40. The molecule has 1 aliphatic rings. The van der Waals surface area contributed by atoms with E-state index in [0.29, 0.717) is 42.8 Å². The molecule has 1 atom stereocenters. The molecule has 0 saturated carbocycles. The number of halogens is 2. The molecule has 1 aromatic heterocycles. The van der Waals surface area contributed by atoms with E-state index in [0.717, 1.165) is 10.0 Å².